The zero-order valence-electron chi connectivity index (χ0n) is 9.80. The maximum atomic E-state index is 12.0. The lowest BCUT2D eigenvalue weighted by molar-refractivity contribution is -0.135. The van der Waals surface area contributed by atoms with E-state index in [-0.39, 0.29) is 6.42 Å². The highest BCUT2D eigenvalue weighted by molar-refractivity contribution is 5.42. The van der Waals surface area contributed by atoms with Gasteiger partial charge < -0.3 is 9.47 Å². The van der Waals surface area contributed by atoms with Crippen LogP contribution in [-0.2, 0) is 6.42 Å². The first-order chi connectivity index (χ1) is 7.96. The number of ether oxygens (including phenoxy) is 2. The number of rotatable bonds is 5. The molecule has 5 heteroatoms. The molecule has 1 aromatic carbocycles. The number of methoxy groups -OCH3 is 2. The van der Waals surface area contributed by atoms with E-state index >= 15 is 0 Å². The summed E-state index contributed by atoms with van der Waals surface area (Å²) in [4.78, 5) is 0. The van der Waals surface area contributed by atoms with Crippen molar-refractivity contribution in [2.24, 2.45) is 0 Å². The van der Waals surface area contributed by atoms with Gasteiger partial charge in [0.1, 0.15) is 0 Å². The second-order valence-electron chi connectivity index (χ2n) is 3.66. The summed E-state index contributed by atoms with van der Waals surface area (Å²) in [5.41, 5.74) is 0.812. The first kappa shape index (κ1) is 13.7. The Morgan fingerprint density at radius 3 is 2.24 bits per heavy atom. The quantitative estimate of drug-likeness (QED) is 0.792. The largest absolute Gasteiger partial charge is 0.493 e. The van der Waals surface area contributed by atoms with Gasteiger partial charge in [0, 0.05) is 6.42 Å². The van der Waals surface area contributed by atoms with E-state index < -0.39 is 12.6 Å². The second-order valence-corrected chi connectivity index (χ2v) is 3.66. The Morgan fingerprint density at radius 1 is 1.06 bits per heavy atom. The smallest absolute Gasteiger partial charge is 0.389 e. The fourth-order valence-electron chi connectivity index (χ4n) is 1.53. The van der Waals surface area contributed by atoms with Crippen LogP contribution in [0.4, 0.5) is 13.2 Å². The van der Waals surface area contributed by atoms with Gasteiger partial charge in [-0.05, 0) is 30.5 Å². The Morgan fingerprint density at radius 2 is 1.71 bits per heavy atom. The fraction of sp³-hybridized carbons (Fsp3) is 0.500. The van der Waals surface area contributed by atoms with Crippen LogP contribution in [0.3, 0.4) is 0 Å². The monoisotopic (exact) mass is 248 g/mol. The molecule has 0 aromatic heterocycles. The topological polar surface area (TPSA) is 18.5 Å². The van der Waals surface area contributed by atoms with E-state index in [2.05, 4.69) is 0 Å². The SMILES string of the molecule is COc1ccc(CCCC(F)(F)F)cc1OC. The summed E-state index contributed by atoms with van der Waals surface area (Å²) in [5.74, 6) is 1.11. The zero-order chi connectivity index (χ0) is 12.9. The van der Waals surface area contributed by atoms with E-state index in [0.717, 1.165) is 5.56 Å². The van der Waals surface area contributed by atoms with Gasteiger partial charge in [-0.3, -0.25) is 0 Å². The lowest BCUT2D eigenvalue weighted by Gasteiger charge is -2.10. The molecule has 0 aliphatic heterocycles. The van der Waals surface area contributed by atoms with Gasteiger partial charge in [0.2, 0.25) is 0 Å². The van der Waals surface area contributed by atoms with Crippen molar-refractivity contribution in [2.75, 3.05) is 14.2 Å². The van der Waals surface area contributed by atoms with Gasteiger partial charge in [0.05, 0.1) is 14.2 Å². The van der Waals surface area contributed by atoms with E-state index in [1.54, 1.807) is 18.2 Å². The molecule has 0 aliphatic rings. The number of aryl methyl sites for hydroxylation is 1. The van der Waals surface area contributed by atoms with E-state index in [1.807, 2.05) is 0 Å². The van der Waals surface area contributed by atoms with Crippen LogP contribution < -0.4 is 9.47 Å². The first-order valence-electron chi connectivity index (χ1n) is 5.24. The highest BCUT2D eigenvalue weighted by Crippen LogP contribution is 2.29. The summed E-state index contributed by atoms with van der Waals surface area (Å²) in [6, 6.07) is 5.15. The molecule has 0 heterocycles. The minimum Gasteiger partial charge on any atom is -0.493 e. The zero-order valence-corrected chi connectivity index (χ0v) is 9.80. The summed E-state index contributed by atoms with van der Waals surface area (Å²) < 4.78 is 46.1. The van der Waals surface area contributed by atoms with Crippen LogP contribution in [0.5, 0.6) is 11.5 Å². The average Bonchev–Trinajstić information content (AvgIpc) is 2.27. The van der Waals surface area contributed by atoms with Gasteiger partial charge in [-0.15, -0.1) is 0 Å². The molecule has 0 spiro atoms. The summed E-state index contributed by atoms with van der Waals surface area (Å²) in [5, 5.41) is 0. The van der Waals surface area contributed by atoms with Crippen molar-refractivity contribution in [3.05, 3.63) is 23.8 Å². The third-order valence-corrected chi connectivity index (χ3v) is 2.37. The van der Waals surface area contributed by atoms with Crippen LogP contribution in [-0.4, -0.2) is 20.4 Å². The van der Waals surface area contributed by atoms with Crippen molar-refractivity contribution in [1.82, 2.24) is 0 Å². The summed E-state index contributed by atoms with van der Waals surface area (Å²) >= 11 is 0. The maximum Gasteiger partial charge on any atom is 0.389 e. The molecule has 1 rings (SSSR count). The molecular weight excluding hydrogens is 233 g/mol. The van der Waals surface area contributed by atoms with Crippen molar-refractivity contribution in [3.63, 3.8) is 0 Å². The number of benzene rings is 1. The molecule has 0 bridgehead atoms. The van der Waals surface area contributed by atoms with Gasteiger partial charge >= 0.3 is 6.18 Å². The molecular formula is C12H15F3O2. The van der Waals surface area contributed by atoms with Crippen molar-refractivity contribution >= 4 is 0 Å². The molecule has 0 radical (unpaired) electrons. The van der Waals surface area contributed by atoms with Crippen LogP contribution in [0.25, 0.3) is 0 Å². The number of hydrogen-bond donors (Lipinski definition) is 0. The molecule has 0 saturated carbocycles. The predicted octanol–water partition coefficient (Wildman–Crippen LogP) is 3.59. The number of hydrogen-bond acceptors (Lipinski definition) is 2. The molecule has 1 aromatic rings. The van der Waals surface area contributed by atoms with Gasteiger partial charge in [-0.2, -0.15) is 13.2 Å². The molecule has 0 amide bonds. The maximum absolute atomic E-state index is 12.0. The van der Waals surface area contributed by atoms with Gasteiger partial charge in [0.25, 0.3) is 0 Å². The summed E-state index contributed by atoms with van der Waals surface area (Å²) in [6.07, 6.45) is -4.39. The Balaban J connectivity index is 2.60. The second kappa shape index (κ2) is 5.80. The Bertz CT molecular complexity index is 361. The molecule has 96 valence electrons. The highest BCUT2D eigenvalue weighted by atomic mass is 19.4. The van der Waals surface area contributed by atoms with Gasteiger partial charge in [-0.1, -0.05) is 6.07 Å². The van der Waals surface area contributed by atoms with Gasteiger partial charge in [0.15, 0.2) is 11.5 Å². The highest BCUT2D eigenvalue weighted by Gasteiger charge is 2.25. The van der Waals surface area contributed by atoms with Crippen molar-refractivity contribution < 1.29 is 22.6 Å². The molecule has 17 heavy (non-hydrogen) atoms. The lowest BCUT2D eigenvalue weighted by atomic mass is 10.1. The molecule has 2 nitrogen and oxygen atoms in total. The standard InChI is InChI=1S/C12H15F3O2/c1-16-10-6-5-9(8-11(10)17-2)4-3-7-12(13,14)15/h5-6,8H,3-4,7H2,1-2H3. The van der Waals surface area contributed by atoms with E-state index in [4.69, 9.17) is 9.47 Å². The van der Waals surface area contributed by atoms with Crippen molar-refractivity contribution in [2.45, 2.75) is 25.4 Å². The molecule has 0 atom stereocenters. The van der Waals surface area contributed by atoms with E-state index in [9.17, 15) is 13.2 Å². The first-order valence-corrected chi connectivity index (χ1v) is 5.24. The number of halogens is 3. The molecule has 0 aliphatic carbocycles. The average molecular weight is 248 g/mol. The minimum atomic E-state index is -4.09. The molecule has 0 saturated heterocycles. The lowest BCUT2D eigenvalue weighted by Crippen LogP contribution is -2.07. The van der Waals surface area contributed by atoms with Crippen molar-refractivity contribution in [3.8, 4) is 11.5 Å². The summed E-state index contributed by atoms with van der Waals surface area (Å²) in [6.45, 7) is 0. The Labute approximate surface area is 98.3 Å². The number of alkyl halides is 3. The minimum absolute atomic E-state index is 0.0823. The van der Waals surface area contributed by atoms with Crippen molar-refractivity contribution in [1.29, 1.82) is 0 Å². The Hall–Kier alpha value is -1.39. The van der Waals surface area contributed by atoms with Crippen LogP contribution in [0.15, 0.2) is 18.2 Å². The predicted molar refractivity (Wildman–Crippen MR) is 58.5 cm³/mol. The normalized spacial score (nSPS) is 11.4. The van der Waals surface area contributed by atoms with Crippen LogP contribution in [0, 0.1) is 0 Å². The third kappa shape index (κ3) is 4.54. The molecule has 0 fully saturated rings. The van der Waals surface area contributed by atoms with Crippen LogP contribution >= 0.6 is 0 Å². The van der Waals surface area contributed by atoms with Gasteiger partial charge in [-0.25, -0.2) is 0 Å². The fourth-order valence-corrected chi connectivity index (χ4v) is 1.53. The molecule has 0 unspecified atom stereocenters. The van der Waals surface area contributed by atoms with Crippen LogP contribution in [0.1, 0.15) is 18.4 Å². The Kier molecular flexibility index (Phi) is 4.66. The van der Waals surface area contributed by atoms with E-state index in [1.165, 1.54) is 14.2 Å². The molecule has 0 N–H and O–H groups in total. The van der Waals surface area contributed by atoms with E-state index in [0.29, 0.717) is 17.9 Å². The van der Waals surface area contributed by atoms with Crippen LogP contribution in [0.2, 0.25) is 0 Å². The third-order valence-electron chi connectivity index (χ3n) is 2.37. The summed E-state index contributed by atoms with van der Waals surface area (Å²) in [7, 11) is 3.01.